The van der Waals surface area contributed by atoms with E-state index in [0.29, 0.717) is 10.3 Å². The van der Waals surface area contributed by atoms with E-state index in [1.54, 1.807) is 6.07 Å². The first-order valence-corrected chi connectivity index (χ1v) is 8.24. The number of fused-ring (bicyclic) bond motifs is 1. The molecule has 3 heterocycles. The lowest BCUT2D eigenvalue weighted by Crippen LogP contribution is -2.26. The predicted molar refractivity (Wildman–Crippen MR) is 89.7 cm³/mol. The van der Waals surface area contributed by atoms with E-state index in [2.05, 4.69) is 20.6 Å². The monoisotopic (exact) mass is 367 g/mol. The summed E-state index contributed by atoms with van der Waals surface area (Å²) in [5.41, 5.74) is -0.235. The van der Waals surface area contributed by atoms with Crippen molar-refractivity contribution in [3.05, 3.63) is 41.6 Å². The van der Waals surface area contributed by atoms with Crippen LogP contribution in [-0.2, 0) is 12.6 Å². The summed E-state index contributed by atoms with van der Waals surface area (Å²) in [7, 11) is 0. The smallest absolute Gasteiger partial charge is 0.453 e. The molecule has 0 aromatic carbocycles. The molecule has 26 heavy (non-hydrogen) atoms. The Bertz CT molecular complexity index is 907. The molecule has 0 radical (unpaired) electrons. The van der Waals surface area contributed by atoms with Crippen LogP contribution in [0, 0.1) is 5.41 Å². The molecule has 0 aliphatic heterocycles. The molecule has 1 unspecified atom stereocenters. The first-order chi connectivity index (χ1) is 12.1. The van der Waals surface area contributed by atoms with Gasteiger partial charge in [0, 0.05) is 6.42 Å². The Kier molecular flexibility index (Phi) is 4.41. The average Bonchev–Trinajstić information content (AvgIpc) is 3.17. The average molecular weight is 367 g/mol. The van der Waals surface area contributed by atoms with Gasteiger partial charge in [0.2, 0.25) is 0 Å². The van der Waals surface area contributed by atoms with Crippen molar-refractivity contribution in [2.45, 2.75) is 46.3 Å². The van der Waals surface area contributed by atoms with E-state index in [1.165, 1.54) is 6.07 Å². The van der Waals surface area contributed by atoms with Crippen LogP contribution in [0.25, 0.3) is 5.65 Å². The van der Waals surface area contributed by atoms with Crippen molar-refractivity contribution >= 4 is 11.5 Å². The molecule has 6 nitrogen and oxygen atoms in total. The van der Waals surface area contributed by atoms with E-state index in [-0.39, 0.29) is 22.9 Å². The van der Waals surface area contributed by atoms with Crippen molar-refractivity contribution in [1.29, 1.82) is 0 Å². The maximum atomic E-state index is 13.0. The van der Waals surface area contributed by atoms with Gasteiger partial charge in [0.05, 0.1) is 6.04 Å². The molecule has 3 aromatic rings. The Morgan fingerprint density at radius 1 is 1.12 bits per heavy atom. The van der Waals surface area contributed by atoms with Crippen molar-refractivity contribution in [2.24, 2.45) is 5.41 Å². The van der Waals surface area contributed by atoms with Gasteiger partial charge in [0.25, 0.3) is 5.82 Å². The zero-order valence-corrected chi connectivity index (χ0v) is 14.9. The number of rotatable bonds is 4. The van der Waals surface area contributed by atoms with Crippen LogP contribution in [0.4, 0.5) is 19.0 Å². The van der Waals surface area contributed by atoms with Crippen LogP contribution < -0.4 is 5.32 Å². The summed E-state index contributed by atoms with van der Waals surface area (Å²) in [5.74, 6) is 0.667. The third-order valence-corrected chi connectivity index (χ3v) is 3.99. The van der Waals surface area contributed by atoms with Crippen LogP contribution in [0.15, 0.2) is 28.7 Å². The third-order valence-electron chi connectivity index (χ3n) is 3.99. The number of nitrogens with zero attached hydrogens (tertiary/aromatic N) is 4. The quantitative estimate of drug-likeness (QED) is 0.735. The van der Waals surface area contributed by atoms with Crippen molar-refractivity contribution < 1.29 is 17.6 Å². The molecule has 0 bridgehead atoms. The van der Waals surface area contributed by atoms with Gasteiger partial charge < -0.3 is 9.73 Å². The second-order valence-electron chi connectivity index (χ2n) is 7.11. The minimum atomic E-state index is -4.63. The molecular weight excluding hydrogens is 347 g/mol. The number of hydrogen-bond donors (Lipinski definition) is 1. The maximum absolute atomic E-state index is 13.0. The van der Waals surface area contributed by atoms with Gasteiger partial charge in [0.1, 0.15) is 17.3 Å². The fraction of sp³-hybridized carbons (Fsp3) is 0.471. The number of aryl methyl sites for hydroxylation is 1. The Balaban J connectivity index is 1.98. The van der Waals surface area contributed by atoms with Crippen molar-refractivity contribution in [3.8, 4) is 0 Å². The molecule has 0 spiro atoms. The molecule has 1 atom stereocenters. The summed E-state index contributed by atoms with van der Waals surface area (Å²) in [6.07, 6.45) is -3.87. The van der Waals surface area contributed by atoms with Crippen molar-refractivity contribution in [2.75, 3.05) is 5.32 Å². The minimum Gasteiger partial charge on any atom is -0.464 e. The van der Waals surface area contributed by atoms with Gasteiger partial charge in [-0.2, -0.15) is 17.7 Å². The molecular formula is C17H20F3N5O. The van der Waals surface area contributed by atoms with E-state index >= 15 is 0 Å². The maximum Gasteiger partial charge on any atom is 0.453 e. The second kappa shape index (κ2) is 6.30. The van der Waals surface area contributed by atoms with E-state index in [0.717, 1.165) is 12.2 Å². The van der Waals surface area contributed by atoms with Crippen molar-refractivity contribution in [3.63, 3.8) is 0 Å². The first kappa shape index (κ1) is 18.2. The third kappa shape index (κ3) is 3.51. The van der Waals surface area contributed by atoms with Gasteiger partial charge in [-0.15, -0.1) is 15.3 Å². The standard InChI is InChI=1S/C17H20F3N5O/c1-5-10-6-7-11(26-10)14(16(2,3)4)21-12-8-9-13-22-23-15(17(18,19)20)25(13)24-12/h6-9,14H,5H2,1-4H3,(H,21,24). The number of halogens is 3. The Hall–Kier alpha value is -2.58. The number of nitrogens with one attached hydrogen (secondary N) is 1. The normalized spacial score (nSPS) is 14.0. The van der Waals surface area contributed by atoms with Crippen LogP contribution in [0.1, 0.15) is 51.1 Å². The highest BCUT2D eigenvalue weighted by molar-refractivity contribution is 5.45. The lowest BCUT2D eigenvalue weighted by molar-refractivity contribution is -0.146. The van der Waals surface area contributed by atoms with Gasteiger partial charge in [-0.3, -0.25) is 0 Å². The SMILES string of the molecule is CCc1ccc(C(Nc2ccc3nnc(C(F)(F)F)n3n2)C(C)(C)C)o1. The molecule has 0 aliphatic rings. The zero-order valence-electron chi connectivity index (χ0n) is 14.9. The molecule has 0 aliphatic carbocycles. The molecule has 3 rings (SSSR count). The summed E-state index contributed by atoms with van der Waals surface area (Å²) >= 11 is 0. The first-order valence-electron chi connectivity index (χ1n) is 8.24. The number of furan rings is 1. The Morgan fingerprint density at radius 2 is 1.85 bits per heavy atom. The summed E-state index contributed by atoms with van der Waals surface area (Å²) in [4.78, 5) is 0. The van der Waals surface area contributed by atoms with E-state index < -0.39 is 12.0 Å². The van der Waals surface area contributed by atoms with Crippen LogP contribution in [0.5, 0.6) is 0 Å². The predicted octanol–water partition coefficient (Wildman–Crippen LogP) is 4.50. The fourth-order valence-electron chi connectivity index (χ4n) is 2.64. The highest BCUT2D eigenvalue weighted by Gasteiger charge is 2.38. The Labute approximate surface area is 148 Å². The molecule has 1 N–H and O–H groups in total. The lowest BCUT2D eigenvalue weighted by Gasteiger charge is -2.30. The van der Waals surface area contributed by atoms with Gasteiger partial charge in [-0.1, -0.05) is 27.7 Å². The number of hydrogen-bond acceptors (Lipinski definition) is 5. The second-order valence-corrected chi connectivity index (χ2v) is 7.11. The number of alkyl halides is 3. The van der Waals surface area contributed by atoms with E-state index in [1.807, 2.05) is 39.8 Å². The van der Waals surface area contributed by atoms with Crippen LogP contribution in [0.2, 0.25) is 0 Å². The van der Waals surface area contributed by atoms with Crippen LogP contribution in [0.3, 0.4) is 0 Å². The highest BCUT2D eigenvalue weighted by atomic mass is 19.4. The van der Waals surface area contributed by atoms with Crippen LogP contribution in [-0.4, -0.2) is 19.8 Å². The van der Waals surface area contributed by atoms with E-state index in [9.17, 15) is 13.2 Å². The van der Waals surface area contributed by atoms with Gasteiger partial charge >= 0.3 is 6.18 Å². The van der Waals surface area contributed by atoms with Gasteiger partial charge in [0.15, 0.2) is 5.65 Å². The highest BCUT2D eigenvalue weighted by Crippen LogP contribution is 2.36. The van der Waals surface area contributed by atoms with Gasteiger partial charge in [-0.05, 0) is 29.7 Å². The molecule has 0 fully saturated rings. The molecule has 0 amide bonds. The van der Waals surface area contributed by atoms with Crippen LogP contribution >= 0.6 is 0 Å². The van der Waals surface area contributed by atoms with E-state index in [4.69, 9.17) is 4.42 Å². The minimum absolute atomic E-state index is 0.0291. The summed E-state index contributed by atoms with van der Waals surface area (Å²) in [6, 6.07) is 6.51. The van der Waals surface area contributed by atoms with Gasteiger partial charge in [-0.25, -0.2) is 0 Å². The number of anilines is 1. The van der Waals surface area contributed by atoms with Crippen molar-refractivity contribution in [1.82, 2.24) is 19.8 Å². The summed E-state index contributed by atoms with van der Waals surface area (Å²) < 4.78 is 45.7. The molecule has 3 aromatic heterocycles. The lowest BCUT2D eigenvalue weighted by atomic mass is 9.85. The summed E-state index contributed by atoms with van der Waals surface area (Å²) in [5, 5.41) is 13.9. The zero-order chi connectivity index (χ0) is 19.1. The summed E-state index contributed by atoms with van der Waals surface area (Å²) in [6.45, 7) is 8.02. The molecule has 0 saturated heterocycles. The largest absolute Gasteiger partial charge is 0.464 e. The topological polar surface area (TPSA) is 68.2 Å². The Morgan fingerprint density at radius 3 is 2.42 bits per heavy atom. The molecule has 0 saturated carbocycles. The number of aromatic nitrogens is 4. The fourth-order valence-corrected chi connectivity index (χ4v) is 2.64. The molecule has 9 heteroatoms. The molecule has 140 valence electrons.